The van der Waals surface area contributed by atoms with Crippen molar-refractivity contribution < 1.29 is 4.74 Å². The van der Waals surface area contributed by atoms with Crippen LogP contribution >= 0.6 is 0 Å². The summed E-state index contributed by atoms with van der Waals surface area (Å²) in [4.78, 5) is 0. The van der Waals surface area contributed by atoms with Crippen LogP contribution < -0.4 is 10.1 Å². The van der Waals surface area contributed by atoms with Crippen molar-refractivity contribution in [1.29, 1.82) is 0 Å². The van der Waals surface area contributed by atoms with Gasteiger partial charge in [0.25, 0.3) is 0 Å². The Kier molecular flexibility index (Phi) is 4.74. The number of hydrogen-bond acceptors (Lipinski definition) is 2. The minimum absolute atomic E-state index is 0.449. The fraction of sp³-hybridized carbons (Fsp3) is 0.667. The van der Waals surface area contributed by atoms with E-state index < -0.39 is 0 Å². The van der Waals surface area contributed by atoms with E-state index in [4.69, 9.17) is 4.74 Å². The molecule has 0 spiro atoms. The zero-order valence-electron chi connectivity index (χ0n) is 13.6. The summed E-state index contributed by atoms with van der Waals surface area (Å²) in [5.41, 5.74) is 3.08. The van der Waals surface area contributed by atoms with E-state index in [0.29, 0.717) is 11.5 Å². The Labute approximate surface area is 123 Å². The zero-order chi connectivity index (χ0) is 14.8. The maximum Gasteiger partial charge on any atom is 0.122 e. The summed E-state index contributed by atoms with van der Waals surface area (Å²) in [5, 5.41) is 3.56. The molecule has 1 N–H and O–H groups in total. The Hall–Kier alpha value is -1.02. The van der Waals surface area contributed by atoms with Crippen molar-refractivity contribution in [2.75, 3.05) is 14.2 Å². The van der Waals surface area contributed by atoms with Gasteiger partial charge in [-0.1, -0.05) is 38.0 Å². The summed E-state index contributed by atoms with van der Waals surface area (Å²) >= 11 is 0. The molecule has 0 bridgehead atoms. The van der Waals surface area contributed by atoms with Crippen molar-refractivity contribution in [3.63, 3.8) is 0 Å². The minimum atomic E-state index is 0.449. The molecule has 1 aliphatic rings. The van der Waals surface area contributed by atoms with Crippen LogP contribution in [0.3, 0.4) is 0 Å². The van der Waals surface area contributed by atoms with Crippen LogP contribution in [0, 0.1) is 18.3 Å². The van der Waals surface area contributed by atoms with Gasteiger partial charge in [-0.2, -0.15) is 0 Å². The van der Waals surface area contributed by atoms with Crippen molar-refractivity contribution >= 4 is 0 Å². The van der Waals surface area contributed by atoms with Crippen LogP contribution in [0.5, 0.6) is 5.75 Å². The van der Waals surface area contributed by atoms with Gasteiger partial charge in [-0.3, -0.25) is 0 Å². The number of methoxy groups -OCH3 is 1. The largest absolute Gasteiger partial charge is 0.496 e. The highest BCUT2D eigenvalue weighted by molar-refractivity contribution is 5.37. The molecule has 2 rings (SSSR count). The average molecular weight is 275 g/mol. The highest BCUT2D eigenvalue weighted by atomic mass is 16.5. The van der Waals surface area contributed by atoms with Crippen LogP contribution in [0.25, 0.3) is 0 Å². The lowest BCUT2D eigenvalue weighted by Crippen LogP contribution is -2.40. The second-order valence-corrected chi connectivity index (χ2v) is 6.90. The Morgan fingerprint density at radius 2 is 2.15 bits per heavy atom. The number of rotatable bonds is 5. The summed E-state index contributed by atoms with van der Waals surface area (Å²) in [7, 11) is 3.86. The number of aryl methyl sites for hydroxylation is 1. The molecular formula is C18H29NO. The normalized spacial score (nSPS) is 22.8. The molecule has 0 heterocycles. The van der Waals surface area contributed by atoms with E-state index in [0.717, 1.165) is 18.1 Å². The van der Waals surface area contributed by atoms with Crippen LogP contribution in [-0.2, 0) is 6.42 Å². The Balaban J connectivity index is 2.20. The lowest BCUT2D eigenvalue weighted by Gasteiger charge is -2.34. The monoisotopic (exact) mass is 275 g/mol. The molecule has 2 heteroatoms. The van der Waals surface area contributed by atoms with Gasteiger partial charge in [0.1, 0.15) is 5.75 Å². The Morgan fingerprint density at radius 1 is 1.40 bits per heavy atom. The van der Waals surface area contributed by atoms with Gasteiger partial charge in [0.15, 0.2) is 0 Å². The van der Waals surface area contributed by atoms with Crippen molar-refractivity contribution in [1.82, 2.24) is 5.32 Å². The third-order valence-electron chi connectivity index (χ3n) is 5.07. The van der Waals surface area contributed by atoms with E-state index in [1.54, 1.807) is 7.11 Å². The van der Waals surface area contributed by atoms with E-state index in [2.05, 4.69) is 51.3 Å². The van der Waals surface area contributed by atoms with Gasteiger partial charge in [0.2, 0.25) is 0 Å². The van der Waals surface area contributed by atoms with Crippen LogP contribution in [0.15, 0.2) is 18.2 Å². The molecular weight excluding hydrogens is 246 g/mol. The molecule has 1 aliphatic carbocycles. The number of ether oxygens (including phenoxy) is 1. The van der Waals surface area contributed by atoms with Crippen molar-refractivity contribution in [3.05, 3.63) is 29.3 Å². The van der Waals surface area contributed by atoms with E-state index in [-0.39, 0.29) is 0 Å². The second kappa shape index (κ2) is 6.17. The number of nitrogens with one attached hydrogen (secondary N) is 1. The quantitative estimate of drug-likeness (QED) is 0.878. The zero-order valence-corrected chi connectivity index (χ0v) is 13.6. The van der Waals surface area contributed by atoms with Crippen molar-refractivity contribution in [2.45, 2.75) is 52.5 Å². The molecule has 0 amide bonds. The number of likely N-dealkylation sites (N-methyl/N-ethyl adjacent to an activating group) is 1. The molecule has 1 aromatic rings. The standard InChI is InChI=1S/C18H29NO/c1-13-8-9-17(20-5)14(11-13)12-16(19-4)15-7-6-10-18(15,2)3/h8-9,11,15-16,19H,6-7,10,12H2,1-5H3. The average Bonchev–Trinajstić information content (AvgIpc) is 2.76. The van der Waals surface area contributed by atoms with Crippen molar-refractivity contribution in [3.8, 4) is 5.75 Å². The Morgan fingerprint density at radius 3 is 2.70 bits per heavy atom. The van der Waals surface area contributed by atoms with Gasteiger partial charge < -0.3 is 10.1 Å². The first kappa shape index (κ1) is 15.4. The molecule has 20 heavy (non-hydrogen) atoms. The highest BCUT2D eigenvalue weighted by Crippen LogP contribution is 2.45. The molecule has 1 fully saturated rings. The topological polar surface area (TPSA) is 21.3 Å². The Bertz CT molecular complexity index is 453. The SMILES string of the molecule is CNC(Cc1cc(C)ccc1OC)C1CCCC1(C)C. The molecule has 112 valence electrons. The van der Waals surface area contributed by atoms with E-state index in [9.17, 15) is 0 Å². The van der Waals surface area contributed by atoms with Gasteiger partial charge in [-0.05, 0) is 56.2 Å². The van der Waals surface area contributed by atoms with E-state index >= 15 is 0 Å². The molecule has 0 saturated heterocycles. The number of benzene rings is 1. The third kappa shape index (κ3) is 3.17. The fourth-order valence-corrected chi connectivity index (χ4v) is 3.85. The van der Waals surface area contributed by atoms with Crippen LogP contribution in [-0.4, -0.2) is 20.2 Å². The van der Waals surface area contributed by atoms with E-state index in [1.165, 1.54) is 30.4 Å². The molecule has 0 aliphatic heterocycles. The fourth-order valence-electron chi connectivity index (χ4n) is 3.85. The van der Waals surface area contributed by atoms with Crippen LogP contribution in [0.4, 0.5) is 0 Å². The molecule has 2 unspecified atom stereocenters. The van der Waals surface area contributed by atoms with Crippen molar-refractivity contribution in [2.24, 2.45) is 11.3 Å². The summed E-state index contributed by atoms with van der Waals surface area (Å²) in [6.45, 7) is 6.99. The van der Waals surface area contributed by atoms with Crippen LogP contribution in [0.2, 0.25) is 0 Å². The van der Waals surface area contributed by atoms with Gasteiger partial charge in [-0.25, -0.2) is 0 Å². The first-order valence-electron chi connectivity index (χ1n) is 7.78. The summed E-state index contributed by atoms with van der Waals surface area (Å²) in [6.07, 6.45) is 5.10. The first-order chi connectivity index (χ1) is 9.47. The molecule has 2 atom stereocenters. The molecule has 2 nitrogen and oxygen atoms in total. The van der Waals surface area contributed by atoms with Gasteiger partial charge in [0, 0.05) is 6.04 Å². The molecule has 0 radical (unpaired) electrons. The van der Waals surface area contributed by atoms with Gasteiger partial charge in [-0.15, -0.1) is 0 Å². The highest BCUT2D eigenvalue weighted by Gasteiger charge is 2.39. The predicted octanol–water partition coefficient (Wildman–Crippen LogP) is 3.96. The van der Waals surface area contributed by atoms with Gasteiger partial charge in [0.05, 0.1) is 7.11 Å². The lowest BCUT2D eigenvalue weighted by molar-refractivity contribution is 0.201. The van der Waals surface area contributed by atoms with Crippen LogP contribution in [0.1, 0.15) is 44.2 Å². The first-order valence-corrected chi connectivity index (χ1v) is 7.78. The van der Waals surface area contributed by atoms with Gasteiger partial charge >= 0.3 is 0 Å². The lowest BCUT2D eigenvalue weighted by atomic mass is 9.76. The predicted molar refractivity (Wildman–Crippen MR) is 85.4 cm³/mol. The maximum absolute atomic E-state index is 5.53. The van der Waals surface area contributed by atoms with E-state index in [1.807, 2.05) is 0 Å². The summed E-state index contributed by atoms with van der Waals surface area (Å²) < 4.78 is 5.53. The third-order valence-corrected chi connectivity index (χ3v) is 5.07. The second-order valence-electron chi connectivity index (χ2n) is 6.90. The molecule has 1 saturated carbocycles. The molecule has 0 aromatic heterocycles. The smallest absolute Gasteiger partial charge is 0.122 e. The maximum atomic E-state index is 5.53. The minimum Gasteiger partial charge on any atom is -0.496 e. The molecule has 1 aromatic carbocycles. The summed E-state index contributed by atoms with van der Waals surface area (Å²) in [6, 6.07) is 7.02. The number of hydrogen-bond donors (Lipinski definition) is 1. The summed E-state index contributed by atoms with van der Waals surface area (Å²) in [5.74, 6) is 1.77.